The summed E-state index contributed by atoms with van der Waals surface area (Å²) in [4.78, 5) is 24.9. The van der Waals surface area contributed by atoms with Crippen LogP contribution in [0, 0.1) is 0 Å². The third-order valence-electron chi connectivity index (χ3n) is 2.72. The summed E-state index contributed by atoms with van der Waals surface area (Å²) < 4.78 is 4.98. The molecule has 0 radical (unpaired) electrons. The molecule has 6 heteroatoms. The van der Waals surface area contributed by atoms with Gasteiger partial charge in [0.05, 0.1) is 5.52 Å². The van der Waals surface area contributed by atoms with Crippen LogP contribution in [-0.2, 0) is 6.42 Å². The minimum absolute atomic E-state index is 0.156. The molecule has 0 unspecified atom stereocenters. The normalized spacial score (nSPS) is 10.6. The number of carbonyl (C=O) groups excluding carboxylic acids is 1. The number of H-pyrrole nitrogens is 1. The molecule has 3 N–H and O–H groups in total. The quantitative estimate of drug-likeness (QED) is 0.761. The Bertz CT molecular complexity index is 615. The van der Waals surface area contributed by atoms with E-state index in [1.807, 2.05) is 13.0 Å². The number of amides is 2. The first kappa shape index (κ1) is 13.2. The van der Waals surface area contributed by atoms with Crippen LogP contribution in [0.25, 0.3) is 11.1 Å². The highest BCUT2D eigenvalue weighted by Crippen LogP contribution is 2.12. The topological polar surface area (TPSA) is 87.1 Å². The van der Waals surface area contributed by atoms with Gasteiger partial charge in [-0.25, -0.2) is 9.59 Å². The van der Waals surface area contributed by atoms with Crippen molar-refractivity contribution in [3.63, 3.8) is 0 Å². The van der Waals surface area contributed by atoms with Crippen molar-refractivity contribution in [1.82, 2.24) is 15.6 Å². The predicted octanol–water partition coefficient (Wildman–Crippen LogP) is 1.37. The molecule has 0 saturated carbocycles. The molecule has 2 rings (SSSR count). The maximum atomic E-state index is 11.3. The van der Waals surface area contributed by atoms with Gasteiger partial charge < -0.3 is 15.1 Å². The highest BCUT2D eigenvalue weighted by molar-refractivity contribution is 5.74. The minimum Gasteiger partial charge on any atom is -0.408 e. The average molecular weight is 263 g/mol. The maximum absolute atomic E-state index is 11.3. The lowest BCUT2D eigenvalue weighted by molar-refractivity contribution is 0.241. The second kappa shape index (κ2) is 6.08. The number of urea groups is 1. The van der Waals surface area contributed by atoms with E-state index in [-0.39, 0.29) is 6.03 Å². The molecule has 2 aromatic rings. The zero-order valence-corrected chi connectivity index (χ0v) is 10.8. The van der Waals surface area contributed by atoms with Crippen LogP contribution in [0.3, 0.4) is 0 Å². The Morgan fingerprint density at radius 1 is 1.32 bits per heavy atom. The predicted molar refractivity (Wildman–Crippen MR) is 72.2 cm³/mol. The first-order chi connectivity index (χ1) is 9.19. The molecule has 0 fully saturated rings. The largest absolute Gasteiger partial charge is 0.417 e. The van der Waals surface area contributed by atoms with Crippen molar-refractivity contribution in [2.45, 2.75) is 19.8 Å². The number of rotatable bonds is 5. The number of aromatic amines is 1. The molecule has 6 nitrogen and oxygen atoms in total. The average Bonchev–Trinajstić information content (AvgIpc) is 2.75. The van der Waals surface area contributed by atoms with Crippen LogP contribution in [0.5, 0.6) is 0 Å². The van der Waals surface area contributed by atoms with E-state index in [2.05, 4.69) is 15.6 Å². The van der Waals surface area contributed by atoms with E-state index in [1.165, 1.54) is 0 Å². The second-order valence-electron chi connectivity index (χ2n) is 4.28. The molecule has 102 valence electrons. The van der Waals surface area contributed by atoms with E-state index >= 15 is 0 Å². The molecule has 1 heterocycles. The van der Waals surface area contributed by atoms with Gasteiger partial charge in [0.1, 0.15) is 0 Å². The Morgan fingerprint density at radius 2 is 2.11 bits per heavy atom. The number of benzene rings is 1. The van der Waals surface area contributed by atoms with E-state index in [0.29, 0.717) is 30.6 Å². The van der Waals surface area contributed by atoms with Crippen LogP contribution in [0.1, 0.15) is 18.9 Å². The van der Waals surface area contributed by atoms with Crippen LogP contribution < -0.4 is 16.4 Å². The van der Waals surface area contributed by atoms with Crippen molar-refractivity contribution in [2.24, 2.45) is 0 Å². The third kappa shape index (κ3) is 3.61. The van der Waals surface area contributed by atoms with Crippen molar-refractivity contribution in [3.05, 3.63) is 34.3 Å². The van der Waals surface area contributed by atoms with Crippen LogP contribution in [0.2, 0.25) is 0 Å². The van der Waals surface area contributed by atoms with Crippen molar-refractivity contribution < 1.29 is 9.21 Å². The molecular weight excluding hydrogens is 246 g/mol. The van der Waals surface area contributed by atoms with Gasteiger partial charge in [0.25, 0.3) is 0 Å². The van der Waals surface area contributed by atoms with Gasteiger partial charge in [0.15, 0.2) is 5.58 Å². The molecule has 0 aliphatic heterocycles. The minimum atomic E-state index is -0.454. The molecule has 0 aliphatic rings. The number of hydrogen-bond acceptors (Lipinski definition) is 3. The summed E-state index contributed by atoms with van der Waals surface area (Å²) in [7, 11) is 0. The number of aromatic nitrogens is 1. The molecular formula is C13H17N3O3. The maximum Gasteiger partial charge on any atom is 0.417 e. The Labute approximate surface area is 110 Å². The van der Waals surface area contributed by atoms with Crippen molar-refractivity contribution in [1.29, 1.82) is 0 Å². The SMILES string of the molecule is CCCNC(=O)NCCc1ccc2[nH]c(=O)oc2c1. The summed E-state index contributed by atoms with van der Waals surface area (Å²) in [5.41, 5.74) is 2.23. The summed E-state index contributed by atoms with van der Waals surface area (Å²) in [5, 5.41) is 5.51. The first-order valence-electron chi connectivity index (χ1n) is 6.32. The van der Waals surface area contributed by atoms with Crippen molar-refractivity contribution >= 4 is 17.1 Å². The number of fused-ring (bicyclic) bond motifs is 1. The lowest BCUT2D eigenvalue weighted by atomic mass is 10.1. The van der Waals surface area contributed by atoms with Crippen molar-refractivity contribution in [3.8, 4) is 0 Å². The van der Waals surface area contributed by atoms with Crippen molar-refractivity contribution in [2.75, 3.05) is 13.1 Å². The monoisotopic (exact) mass is 263 g/mol. The zero-order chi connectivity index (χ0) is 13.7. The molecule has 0 spiro atoms. The Balaban J connectivity index is 1.87. The van der Waals surface area contributed by atoms with Gasteiger partial charge in [-0.15, -0.1) is 0 Å². The number of carbonyl (C=O) groups is 1. The molecule has 2 amide bonds. The molecule has 19 heavy (non-hydrogen) atoms. The van der Waals surface area contributed by atoms with Gasteiger partial charge in [-0.1, -0.05) is 13.0 Å². The summed E-state index contributed by atoms with van der Waals surface area (Å²) in [6.07, 6.45) is 1.60. The molecule has 0 saturated heterocycles. The molecule has 1 aromatic heterocycles. The molecule has 0 atom stereocenters. The van der Waals surface area contributed by atoms with Crippen LogP contribution in [-0.4, -0.2) is 24.1 Å². The molecule has 0 aliphatic carbocycles. The van der Waals surface area contributed by atoms with Gasteiger partial charge in [-0.3, -0.25) is 4.98 Å². The van der Waals surface area contributed by atoms with Gasteiger partial charge in [-0.05, 0) is 30.5 Å². The van der Waals surface area contributed by atoms with Crippen LogP contribution >= 0.6 is 0 Å². The van der Waals surface area contributed by atoms with Gasteiger partial charge in [0, 0.05) is 13.1 Å². The fourth-order valence-electron chi connectivity index (χ4n) is 1.77. The van der Waals surface area contributed by atoms with Gasteiger partial charge >= 0.3 is 11.8 Å². The third-order valence-corrected chi connectivity index (χ3v) is 2.72. The van der Waals surface area contributed by atoms with E-state index in [1.54, 1.807) is 12.1 Å². The van der Waals surface area contributed by atoms with E-state index in [9.17, 15) is 9.59 Å². The lowest BCUT2D eigenvalue weighted by Gasteiger charge is -2.06. The molecule has 0 bridgehead atoms. The highest BCUT2D eigenvalue weighted by atomic mass is 16.4. The summed E-state index contributed by atoms with van der Waals surface area (Å²) in [6, 6.07) is 5.35. The van der Waals surface area contributed by atoms with Gasteiger partial charge in [-0.2, -0.15) is 0 Å². The van der Waals surface area contributed by atoms with Crippen LogP contribution in [0.15, 0.2) is 27.4 Å². The number of nitrogens with one attached hydrogen (secondary N) is 3. The lowest BCUT2D eigenvalue weighted by Crippen LogP contribution is -2.36. The Kier molecular flexibility index (Phi) is 4.22. The first-order valence-corrected chi connectivity index (χ1v) is 6.32. The van der Waals surface area contributed by atoms with Crippen LogP contribution in [0.4, 0.5) is 4.79 Å². The van der Waals surface area contributed by atoms with E-state index in [4.69, 9.17) is 4.42 Å². The molecule has 1 aromatic carbocycles. The summed E-state index contributed by atoms with van der Waals surface area (Å²) >= 11 is 0. The number of oxazole rings is 1. The summed E-state index contributed by atoms with van der Waals surface area (Å²) in [6.45, 7) is 3.21. The Morgan fingerprint density at radius 3 is 2.89 bits per heavy atom. The zero-order valence-electron chi connectivity index (χ0n) is 10.8. The summed E-state index contributed by atoms with van der Waals surface area (Å²) in [5.74, 6) is -0.454. The number of hydrogen-bond donors (Lipinski definition) is 3. The van der Waals surface area contributed by atoms with Gasteiger partial charge in [0.2, 0.25) is 0 Å². The smallest absolute Gasteiger partial charge is 0.408 e. The van der Waals surface area contributed by atoms with E-state index in [0.717, 1.165) is 12.0 Å². The Hall–Kier alpha value is -2.24. The van der Waals surface area contributed by atoms with E-state index < -0.39 is 5.76 Å². The second-order valence-corrected chi connectivity index (χ2v) is 4.28. The fraction of sp³-hybridized carbons (Fsp3) is 0.385. The highest BCUT2D eigenvalue weighted by Gasteiger charge is 2.03. The fourth-order valence-corrected chi connectivity index (χ4v) is 1.77. The standard InChI is InChI=1S/C13H17N3O3/c1-2-6-14-12(17)15-7-5-9-3-4-10-11(8-9)19-13(18)16-10/h3-4,8H,2,5-7H2,1H3,(H,16,18)(H2,14,15,17).